The Morgan fingerprint density at radius 3 is 2.52 bits per heavy atom. The number of benzene rings is 2. The highest BCUT2D eigenvalue weighted by molar-refractivity contribution is 5.95. The van der Waals surface area contributed by atoms with E-state index in [0.717, 1.165) is 34.4 Å². The number of fused-ring (bicyclic) bond motifs is 1. The van der Waals surface area contributed by atoms with Gasteiger partial charge in [0.2, 0.25) is 5.91 Å². The van der Waals surface area contributed by atoms with Crippen LogP contribution in [0.3, 0.4) is 0 Å². The van der Waals surface area contributed by atoms with Crippen LogP contribution < -0.4 is 11.1 Å². The van der Waals surface area contributed by atoms with Gasteiger partial charge in [-0.1, -0.05) is 36.4 Å². The Balaban J connectivity index is 2.08. The third kappa shape index (κ3) is 2.45. The van der Waals surface area contributed by atoms with Crippen molar-refractivity contribution in [1.82, 2.24) is 0 Å². The molecule has 108 valence electrons. The normalized spacial score (nSPS) is 15.3. The summed E-state index contributed by atoms with van der Waals surface area (Å²) >= 11 is 0. The number of anilines is 1. The molecule has 21 heavy (non-hydrogen) atoms. The van der Waals surface area contributed by atoms with E-state index in [1.165, 1.54) is 5.56 Å². The summed E-state index contributed by atoms with van der Waals surface area (Å²) in [6.07, 6.45) is 1.34. The zero-order valence-electron chi connectivity index (χ0n) is 12.4. The van der Waals surface area contributed by atoms with E-state index in [2.05, 4.69) is 37.4 Å². The van der Waals surface area contributed by atoms with E-state index >= 15 is 0 Å². The van der Waals surface area contributed by atoms with Gasteiger partial charge in [0.25, 0.3) is 0 Å². The summed E-state index contributed by atoms with van der Waals surface area (Å²) < 4.78 is 0. The van der Waals surface area contributed by atoms with Crippen molar-refractivity contribution in [3.05, 3.63) is 64.2 Å². The molecule has 2 aromatic carbocycles. The molecule has 3 heteroatoms. The Hall–Kier alpha value is -2.13. The van der Waals surface area contributed by atoms with Gasteiger partial charge in [-0.15, -0.1) is 0 Å². The Kier molecular flexibility index (Phi) is 3.52. The molecule has 3 rings (SSSR count). The second kappa shape index (κ2) is 5.34. The van der Waals surface area contributed by atoms with E-state index < -0.39 is 0 Å². The number of rotatable bonds is 2. The highest BCUT2D eigenvalue weighted by Gasteiger charge is 2.22. The van der Waals surface area contributed by atoms with Crippen LogP contribution in [0.25, 0.3) is 0 Å². The first-order chi connectivity index (χ1) is 10.1. The lowest BCUT2D eigenvalue weighted by molar-refractivity contribution is -0.116. The summed E-state index contributed by atoms with van der Waals surface area (Å²) in [4.78, 5) is 11.6. The molecule has 0 saturated heterocycles. The monoisotopic (exact) mass is 280 g/mol. The molecular weight excluding hydrogens is 260 g/mol. The van der Waals surface area contributed by atoms with Crippen molar-refractivity contribution < 1.29 is 4.79 Å². The van der Waals surface area contributed by atoms with Crippen LogP contribution >= 0.6 is 0 Å². The number of carbonyl (C=O) groups is 1. The first-order valence-corrected chi connectivity index (χ1v) is 7.31. The van der Waals surface area contributed by atoms with E-state index in [9.17, 15) is 4.79 Å². The molecule has 1 amide bonds. The summed E-state index contributed by atoms with van der Waals surface area (Å²) in [6.45, 7) is 4.13. The van der Waals surface area contributed by atoms with Crippen LogP contribution in [-0.2, 0) is 11.2 Å². The van der Waals surface area contributed by atoms with Gasteiger partial charge in [0.15, 0.2) is 0 Å². The van der Waals surface area contributed by atoms with Crippen molar-refractivity contribution >= 4 is 11.6 Å². The van der Waals surface area contributed by atoms with Crippen LogP contribution in [0.15, 0.2) is 36.4 Å². The minimum atomic E-state index is -0.132. The number of nitrogens with two attached hydrogens (primary N) is 1. The van der Waals surface area contributed by atoms with Gasteiger partial charge in [0, 0.05) is 12.1 Å². The Bertz CT molecular complexity index is 692. The SMILES string of the molecule is Cc1c(C(N)c2ccccc2)cc2c(c1C)NC(=O)CC2. The lowest BCUT2D eigenvalue weighted by atomic mass is 9.87. The number of hydrogen-bond donors (Lipinski definition) is 2. The van der Waals surface area contributed by atoms with Gasteiger partial charge < -0.3 is 11.1 Å². The second-order valence-electron chi connectivity index (χ2n) is 5.69. The molecule has 1 aliphatic heterocycles. The van der Waals surface area contributed by atoms with Crippen LogP contribution in [-0.4, -0.2) is 5.91 Å². The third-order valence-corrected chi connectivity index (χ3v) is 4.40. The fourth-order valence-electron chi connectivity index (χ4n) is 3.00. The quantitative estimate of drug-likeness (QED) is 0.887. The summed E-state index contributed by atoms with van der Waals surface area (Å²) in [5.41, 5.74) is 13.2. The highest BCUT2D eigenvalue weighted by atomic mass is 16.1. The lowest BCUT2D eigenvalue weighted by Crippen LogP contribution is -2.22. The molecule has 2 aromatic rings. The van der Waals surface area contributed by atoms with Crippen LogP contribution in [0.4, 0.5) is 5.69 Å². The molecule has 0 saturated carbocycles. The van der Waals surface area contributed by atoms with Crippen molar-refractivity contribution in [2.24, 2.45) is 5.73 Å². The minimum absolute atomic E-state index is 0.102. The molecule has 3 nitrogen and oxygen atoms in total. The van der Waals surface area contributed by atoms with Crippen molar-refractivity contribution in [1.29, 1.82) is 0 Å². The number of hydrogen-bond acceptors (Lipinski definition) is 2. The Morgan fingerprint density at radius 1 is 1.10 bits per heavy atom. The van der Waals surface area contributed by atoms with Gasteiger partial charge >= 0.3 is 0 Å². The van der Waals surface area contributed by atoms with Crippen molar-refractivity contribution in [2.75, 3.05) is 5.32 Å². The van der Waals surface area contributed by atoms with Gasteiger partial charge in [0.05, 0.1) is 6.04 Å². The third-order valence-electron chi connectivity index (χ3n) is 4.40. The second-order valence-corrected chi connectivity index (χ2v) is 5.69. The van der Waals surface area contributed by atoms with Crippen LogP contribution in [0, 0.1) is 13.8 Å². The summed E-state index contributed by atoms with van der Waals surface area (Å²) in [7, 11) is 0. The average Bonchev–Trinajstić information content (AvgIpc) is 2.51. The zero-order valence-corrected chi connectivity index (χ0v) is 12.4. The largest absolute Gasteiger partial charge is 0.326 e. The van der Waals surface area contributed by atoms with Crippen molar-refractivity contribution in [3.63, 3.8) is 0 Å². The van der Waals surface area contributed by atoms with E-state index in [0.29, 0.717) is 6.42 Å². The molecule has 1 atom stereocenters. The molecule has 0 spiro atoms. The minimum Gasteiger partial charge on any atom is -0.326 e. The topological polar surface area (TPSA) is 55.1 Å². The van der Waals surface area contributed by atoms with Gasteiger partial charge in [-0.05, 0) is 48.1 Å². The van der Waals surface area contributed by atoms with Crippen molar-refractivity contribution in [3.8, 4) is 0 Å². The average molecular weight is 280 g/mol. The standard InChI is InChI=1S/C18H20N2O/c1-11-12(2)18-14(8-9-16(21)20-18)10-15(11)17(19)13-6-4-3-5-7-13/h3-7,10,17H,8-9,19H2,1-2H3,(H,20,21). The molecule has 1 aliphatic rings. The Labute approximate surface area is 125 Å². The van der Waals surface area contributed by atoms with E-state index in [4.69, 9.17) is 5.73 Å². The van der Waals surface area contributed by atoms with E-state index in [-0.39, 0.29) is 11.9 Å². The van der Waals surface area contributed by atoms with Gasteiger partial charge in [-0.25, -0.2) is 0 Å². The summed E-state index contributed by atoms with van der Waals surface area (Å²) in [6, 6.07) is 12.2. The van der Waals surface area contributed by atoms with Crippen LogP contribution in [0.2, 0.25) is 0 Å². The fraction of sp³-hybridized carbons (Fsp3) is 0.278. The molecule has 3 N–H and O–H groups in total. The van der Waals surface area contributed by atoms with Crippen LogP contribution in [0.1, 0.15) is 40.3 Å². The molecule has 0 bridgehead atoms. The summed E-state index contributed by atoms with van der Waals surface area (Å²) in [5, 5.41) is 3.00. The van der Waals surface area contributed by atoms with E-state index in [1.54, 1.807) is 0 Å². The van der Waals surface area contributed by atoms with E-state index in [1.807, 2.05) is 18.2 Å². The van der Waals surface area contributed by atoms with Crippen LogP contribution in [0.5, 0.6) is 0 Å². The maximum atomic E-state index is 11.6. The zero-order chi connectivity index (χ0) is 15.0. The highest BCUT2D eigenvalue weighted by Crippen LogP contribution is 2.34. The Morgan fingerprint density at radius 2 is 1.81 bits per heavy atom. The number of amides is 1. The first kappa shape index (κ1) is 13.8. The smallest absolute Gasteiger partial charge is 0.224 e. The van der Waals surface area contributed by atoms with Gasteiger partial charge in [-0.2, -0.15) is 0 Å². The number of carbonyl (C=O) groups excluding carboxylic acids is 1. The maximum absolute atomic E-state index is 11.6. The first-order valence-electron chi connectivity index (χ1n) is 7.31. The lowest BCUT2D eigenvalue weighted by Gasteiger charge is -2.25. The predicted molar refractivity (Wildman–Crippen MR) is 85.3 cm³/mol. The molecule has 1 unspecified atom stereocenters. The van der Waals surface area contributed by atoms with Crippen molar-refractivity contribution in [2.45, 2.75) is 32.7 Å². The molecule has 0 fully saturated rings. The molecule has 0 aliphatic carbocycles. The number of aryl methyl sites for hydroxylation is 1. The molecular formula is C18H20N2O. The van der Waals surface area contributed by atoms with Gasteiger partial charge in [0.1, 0.15) is 0 Å². The molecule has 1 heterocycles. The fourth-order valence-corrected chi connectivity index (χ4v) is 3.00. The predicted octanol–water partition coefficient (Wildman–Crippen LogP) is 3.24. The maximum Gasteiger partial charge on any atom is 0.224 e. The number of nitrogens with one attached hydrogen (secondary N) is 1. The molecule has 0 aromatic heterocycles. The summed E-state index contributed by atoms with van der Waals surface area (Å²) in [5.74, 6) is 0.102. The van der Waals surface area contributed by atoms with Gasteiger partial charge in [-0.3, -0.25) is 4.79 Å². The molecule has 0 radical (unpaired) electrons.